The Morgan fingerprint density at radius 3 is 2.75 bits per heavy atom. The molecule has 0 spiro atoms. The SMILES string of the molecule is CCCNC(=O)[C@]1(Cc2ccccc2)C[C@@H]2CC[C@H]1N2C(=O)c1cnccn1. The van der Waals surface area contributed by atoms with Gasteiger partial charge in [-0.15, -0.1) is 0 Å². The molecule has 1 aromatic heterocycles. The van der Waals surface area contributed by atoms with E-state index in [1.165, 1.54) is 12.4 Å². The van der Waals surface area contributed by atoms with Crippen molar-refractivity contribution in [1.29, 1.82) is 0 Å². The van der Waals surface area contributed by atoms with E-state index < -0.39 is 5.41 Å². The minimum atomic E-state index is -0.586. The van der Waals surface area contributed by atoms with Crippen LogP contribution in [0.3, 0.4) is 0 Å². The predicted octanol–water partition coefficient (Wildman–Crippen LogP) is 2.61. The second-order valence-electron chi connectivity index (χ2n) is 7.83. The highest BCUT2D eigenvalue weighted by Crippen LogP contribution is 2.52. The maximum atomic E-state index is 13.3. The molecule has 28 heavy (non-hydrogen) atoms. The van der Waals surface area contributed by atoms with Crippen molar-refractivity contribution in [3.8, 4) is 0 Å². The summed E-state index contributed by atoms with van der Waals surface area (Å²) in [6, 6.07) is 10.1. The topological polar surface area (TPSA) is 75.2 Å². The van der Waals surface area contributed by atoms with Crippen LogP contribution in [0.2, 0.25) is 0 Å². The van der Waals surface area contributed by atoms with Gasteiger partial charge in [0.25, 0.3) is 5.91 Å². The van der Waals surface area contributed by atoms with Crippen LogP contribution in [0.15, 0.2) is 48.9 Å². The van der Waals surface area contributed by atoms with Gasteiger partial charge >= 0.3 is 0 Å². The summed E-state index contributed by atoms with van der Waals surface area (Å²) in [6.07, 6.45) is 8.64. The van der Waals surface area contributed by atoms with Crippen LogP contribution in [0, 0.1) is 5.41 Å². The standard InChI is InChI=1S/C22H26N4O2/c1-2-10-25-21(28)22(13-16-6-4-3-5-7-16)14-17-8-9-19(22)26(17)20(27)18-15-23-11-12-24-18/h3-7,11-12,15,17,19H,2,8-10,13-14H2,1H3,(H,25,28)/t17-,19+,22+/m0/s1. The molecule has 6 heteroatoms. The lowest BCUT2D eigenvalue weighted by molar-refractivity contribution is -0.132. The molecule has 3 heterocycles. The molecule has 2 aliphatic heterocycles. The quantitative estimate of drug-likeness (QED) is 0.838. The zero-order valence-corrected chi connectivity index (χ0v) is 16.2. The number of carbonyl (C=O) groups excluding carboxylic acids is 2. The normalized spacial score (nSPS) is 25.7. The van der Waals surface area contributed by atoms with Crippen LogP contribution in [-0.2, 0) is 11.2 Å². The first kappa shape index (κ1) is 18.6. The second-order valence-corrected chi connectivity index (χ2v) is 7.83. The number of rotatable bonds is 6. The summed E-state index contributed by atoms with van der Waals surface area (Å²) in [5.41, 5.74) is 0.898. The lowest BCUT2D eigenvalue weighted by atomic mass is 9.69. The molecule has 3 atom stereocenters. The maximum Gasteiger partial charge on any atom is 0.274 e. The highest BCUT2D eigenvalue weighted by Gasteiger charge is 2.61. The number of carbonyl (C=O) groups is 2. The Bertz CT molecular complexity index is 842. The van der Waals surface area contributed by atoms with Gasteiger partial charge in [-0.2, -0.15) is 0 Å². The summed E-state index contributed by atoms with van der Waals surface area (Å²) in [5, 5.41) is 3.11. The fraction of sp³-hybridized carbons (Fsp3) is 0.455. The Morgan fingerprint density at radius 2 is 2.04 bits per heavy atom. The van der Waals surface area contributed by atoms with Gasteiger partial charge in [0.1, 0.15) is 5.69 Å². The molecule has 6 nitrogen and oxygen atoms in total. The van der Waals surface area contributed by atoms with E-state index in [1.807, 2.05) is 23.1 Å². The summed E-state index contributed by atoms with van der Waals surface area (Å²) in [5.74, 6) is -0.0406. The fourth-order valence-electron chi connectivity index (χ4n) is 4.92. The van der Waals surface area contributed by atoms with Crippen LogP contribution in [0.4, 0.5) is 0 Å². The molecule has 2 aromatic rings. The van der Waals surface area contributed by atoms with E-state index in [2.05, 4.69) is 34.3 Å². The molecule has 0 aliphatic carbocycles. The smallest absolute Gasteiger partial charge is 0.274 e. The minimum absolute atomic E-state index is 0.0716. The van der Waals surface area contributed by atoms with E-state index in [4.69, 9.17) is 0 Å². The van der Waals surface area contributed by atoms with E-state index in [9.17, 15) is 9.59 Å². The number of hydrogen-bond acceptors (Lipinski definition) is 4. The summed E-state index contributed by atoms with van der Waals surface area (Å²) in [4.78, 5) is 36.7. The monoisotopic (exact) mass is 378 g/mol. The number of amides is 2. The Hall–Kier alpha value is -2.76. The van der Waals surface area contributed by atoms with Crippen LogP contribution >= 0.6 is 0 Å². The average Bonchev–Trinajstić information content (AvgIpc) is 3.29. The fourth-order valence-corrected chi connectivity index (χ4v) is 4.92. The van der Waals surface area contributed by atoms with Crippen LogP contribution < -0.4 is 5.32 Å². The average molecular weight is 378 g/mol. The van der Waals surface area contributed by atoms with Gasteiger partial charge in [0.05, 0.1) is 11.6 Å². The highest BCUT2D eigenvalue weighted by molar-refractivity contribution is 5.94. The van der Waals surface area contributed by atoms with Crippen molar-refractivity contribution in [2.45, 2.75) is 51.1 Å². The second kappa shape index (κ2) is 7.70. The molecule has 2 aliphatic rings. The Balaban J connectivity index is 1.67. The van der Waals surface area contributed by atoms with Crippen molar-refractivity contribution in [2.75, 3.05) is 6.54 Å². The lowest BCUT2D eigenvalue weighted by Crippen LogP contribution is -2.51. The van der Waals surface area contributed by atoms with Crippen molar-refractivity contribution in [3.63, 3.8) is 0 Å². The van der Waals surface area contributed by atoms with Gasteiger partial charge in [0, 0.05) is 31.0 Å². The van der Waals surface area contributed by atoms with Gasteiger partial charge in [-0.3, -0.25) is 14.6 Å². The van der Waals surface area contributed by atoms with E-state index in [0.717, 1.165) is 24.8 Å². The van der Waals surface area contributed by atoms with Crippen LogP contribution in [0.25, 0.3) is 0 Å². The Morgan fingerprint density at radius 1 is 1.21 bits per heavy atom. The summed E-state index contributed by atoms with van der Waals surface area (Å²) in [7, 11) is 0. The van der Waals surface area contributed by atoms with Crippen molar-refractivity contribution < 1.29 is 9.59 Å². The largest absolute Gasteiger partial charge is 0.356 e. The summed E-state index contributed by atoms with van der Waals surface area (Å²) < 4.78 is 0. The van der Waals surface area contributed by atoms with Crippen molar-refractivity contribution >= 4 is 11.8 Å². The lowest BCUT2D eigenvalue weighted by Gasteiger charge is -2.36. The predicted molar refractivity (Wildman–Crippen MR) is 106 cm³/mol. The highest BCUT2D eigenvalue weighted by atomic mass is 16.2. The molecule has 1 N–H and O–H groups in total. The van der Waals surface area contributed by atoms with Gasteiger partial charge < -0.3 is 10.2 Å². The number of nitrogens with zero attached hydrogens (tertiary/aromatic N) is 3. The van der Waals surface area contributed by atoms with E-state index in [0.29, 0.717) is 25.1 Å². The van der Waals surface area contributed by atoms with Crippen molar-refractivity contribution in [2.24, 2.45) is 5.41 Å². The molecular weight excluding hydrogens is 352 g/mol. The first-order chi connectivity index (χ1) is 13.7. The van der Waals surface area contributed by atoms with Crippen LogP contribution in [-0.4, -0.2) is 45.3 Å². The number of nitrogens with one attached hydrogen (secondary N) is 1. The van der Waals surface area contributed by atoms with E-state index in [-0.39, 0.29) is 23.9 Å². The number of hydrogen-bond donors (Lipinski definition) is 1. The molecule has 146 valence electrons. The van der Waals surface area contributed by atoms with Crippen LogP contribution in [0.1, 0.15) is 48.7 Å². The third kappa shape index (κ3) is 3.17. The molecule has 2 saturated heterocycles. The molecule has 4 rings (SSSR count). The maximum absolute atomic E-state index is 13.3. The van der Waals surface area contributed by atoms with Crippen molar-refractivity contribution in [1.82, 2.24) is 20.2 Å². The molecular formula is C22H26N4O2. The van der Waals surface area contributed by atoms with E-state index >= 15 is 0 Å². The molecule has 2 amide bonds. The van der Waals surface area contributed by atoms with Gasteiger partial charge in [0.2, 0.25) is 5.91 Å². The zero-order valence-electron chi connectivity index (χ0n) is 16.2. The third-order valence-electron chi connectivity index (χ3n) is 6.11. The van der Waals surface area contributed by atoms with Gasteiger partial charge in [-0.05, 0) is 37.7 Å². The van der Waals surface area contributed by atoms with Crippen molar-refractivity contribution in [3.05, 3.63) is 60.2 Å². The third-order valence-corrected chi connectivity index (χ3v) is 6.11. The van der Waals surface area contributed by atoms with Crippen LogP contribution in [0.5, 0.6) is 0 Å². The Labute approximate surface area is 165 Å². The minimum Gasteiger partial charge on any atom is -0.356 e. The first-order valence-corrected chi connectivity index (χ1v) is 10.1. The molecule has 0 radical (unpaired) electrons. The number of aromatic nitrogens is 2. The molecule has 2 bridgehead atoms. The zero-order chi connectivity index (χ0) is 19.6. The molecule has 0 unspecified atom stereocenters. The number of benzene rings is 1. The van der Waals surface area contributed by atoms with Gasteiger partial charge in [0.15, 0.2) is 0 Å². The molecule has 1 aromatic carbocycles. The first-order valence-electron chi connectivity index (χ1n) is 10.1. The van der Waals surface area contributed by atoms with E-state index in [1.54, 1.807) is 6.20 Å². The molecule has 0 saturated carbocycles. The summed E-state index contributed by atoms with van der Waals surface area (Å²) >= 11 is 0. The number of fused-ring (bicyclic) bond motifs is 2. The van der Waals surface area contributed by atoms with Gasteiger partial charge in [-0.25, -0.2) is 4.98 Å². The van der Waals surface area contributed by atoms with Gasteiger partial charge in [-0.1, -0.05) is 37.3 Å². The summed E-state index contributed by atoms with van der Waals surface area (Å²) in [6.45, 7) is 2.71. The Kier molecular flexibility index (Phi) is 5.11. The molecule has 2 fully saturated rings.